The molecule has 0 aliphatic carbocycles. The smallest absolute Gasteiger partial charge is 0.271 e. The van der Waals surface area contributed by atoms with Gasteiger partial charge in [0.1, 0.15) is 5.69 Å². The Labute approximate surface area is 142 Å². The summed E-state index contributed by atoms with van der Waals surface area (Å²) in [6.45, 7) is 3.06. The molecule has 130 valence electrons. The Morgan fingerprint density at radius 1 is 1.12 bits per heavy atom. The van der Waals surface area contributed by atoms with Gasteiger partial charge in [-0.3, -0.25) is 14.6 Å². The summed E-state index contributed by atoms with van der Waals surface area (Å²) in [6, 6.07) is 0.613. The van der Waals surface area contributed by atoms with E-state index < -0.39 is 0 Å². The summed E-state index contributed by atoms with van der Waals surface area (Å²) in [5.74, 6) is -0.00626. The minimum absolute atomic E-state index is 0.0312. The molecule has 2 amide bonds. The normalized spacial score (nSPS) is 24.0. The van der Waals surface area contributed by atoms with Crippen LogP contribution in [0.2, 0.25) is 0 Å². The summed E-state index contributed by atoms with van der Waals surface area (Å²) in [5, 5.41) is 5.55. The molecule has 0 spiro atoms. The second-order valence-electron chi connectivity index (χ2n) is 6.58. The maximum absolute atomic E-state index is 12.0. The van der Waals surface area contributed by atoms with Crippen LogP contribution in [-0.4, -0.2) is 58.9 Å². The van der Waals surface area contributed by atoms with Crippen LogP contribution in [0.3, 0.4) is 0 Å². The Morgan fingerprint density at radius 2 is 2.00 bits per heavy atom. The van der Waals surface area contributed by atoms with Gasteiger partial charge in [0.05, 0.1) is 12.7 Å². The van der Waals surface area contributed by atoms with Crippen LogP contribution in [0.1, 0.15) is 42.6 Å². The highest BCUT2D eigenvalue weighted by atomic mass is 16.2. The first kappa shape index (κ1) is 16.8. The number of amides is 2. The van der Waals surface area contributed by atoms with Crippen molar-refractivity contribution in [2.45, 2.75) is 38.1 Å². The summed E-state index contributed by atoms with van der Waals surface area (Å²) < 4.78 is 0. The maximum atomic E-state index is 12.0. The van der Waals surface area contributed by atoms with Crippen molar-refractivity contribution in [3.8, 4) is 0 Å². The molecular formula is C17H25N5O2. The number of aromatic nitrogens is 2. The number of fused-ring (bicyclic) bond motifs is 1. The molecule has 2 fully saturated rings. The van der Waals surface area contributed by atoms with Crippen molar-refractivity contribution < 1.29 is 9.59 Å². The van der Waals surface area contributed by atoms with E-state index in [0.29, 0.717) is 18.5 Å². The van der Waals surface area contributed by atoms with Crippen LogP contribution >= 0.6 is 0 Å². The van der Waals surface area contributed by atoms with Gasteiger partial charge in [-0.05, 0) is 44.7 Å². The van der Waals surface area contributed by atoms with Crippen LogP contribution in [0.15, 0.2) is 18.6 Å². The molecule has 2 aliphatic heterocycles. The van der Waals surface area contributed by atoms with Crippen molar-refractivity contribution in [3.05, 3.63) is 24.3 Å². The first-order valence-corrected chi connectivity index (χ1v) is 8.79. The Balaban J connectivity index is 1.41. The van der Waals surface area contributed by atoms with E-state index in [4.69, 9.17) is 0 Å². The number of carbonyl (C=O) groups is 2. The van der Waals surface area contributed by atoms with E-state index in [0.717, 1.165) is 0 Å². The number of hydrogen-bond acceptors (Lipinski definition) is 5. The average Bonchev–Trinajstić information content (AvgIpc) is 2.65. The van der Waals surface area contributed by atoms with Crippen molar-refractivity contribution >= 4 is 11.8 Å². The zero-order valence-corrected chi connectivity index (χ0v) is 13.9. The van der Waals surface area contributed by atoms with Crippen LogP contribution in [0.4, 0.5) is 0 Å². The van der Waals surface area contributed by atoms with Crippen molar-refractivity contribution in [3.63, 3.8) is 0 Å². The predicted octanol–water partition coefficient (Wildman–Crippen LogP) is 0.587. The van der Waals surface area contributed by atoms with E-state index in [1.54, 1.807) is 0 Å². The fourth-order valence-electron chi connectivity index (χ4n) is 3.79. The number of rotatable bonds is 5. The second kappa shape index (κ2) is 8.19. The molecule has 3 heterocycles. The summed E-state index contributed by atoms with van der Waals surface area (Å²) in [7, 11) is 0. The van der Waals surface area contributed by atoms with Crippen LogP contribution in [0.25, 0.3) is 0 Å². The number of carbonyl (C=O) groups excluding carboxylic acids is 2. The van der Waals surface area contributed by atoms with Crippen molar-refractivity contribution in [1.29, 1.82) is 0 Å². The SMILES string of the molecule is O=C(CNC(=O)c1cnccn1)NC[C@@H]1CCCN2CCCC[C@H]12. The van der Waals surface area contributed by atoms with Gasteiger partial charge >= 0.3 is 0 Å². The third-order valence-corrected chi connectivity index (χ3v) is 5.00. The topological polar surface area (TPSA) is 87.2 Å². The lowest BCUT2D eigenvalue weighted by Gasteiger charge is -2.44. The minimum atomic E-state index is -0.380. The van der Waals surface area contributed by atoms with Crippen molar-refractivity contribution in [1.82, 2.24) is 25.5 Å². The second-order valence-corrected chi connectivity index (χ2v) is 6.58. The van der Waals surface area contributed by atoms with Gasteiger partial charge in [0.25, 0.3) is 5.91 Å². The van der Waals surface area contributed by atoms with Crippen molar-refractivity contribution in [2.75, 3.05) is 26.2 Å². The van der Waals surface area contributed by atoms with Gasteiger partial charge in [-0.1, -0.05) is 6.42 Å². The molecule has 2 saturated heterocycles. The third-order valence-electron chi connectivity index (χ3n) is 5.00. The van der Waals surface area contributed by atoms with E-state index in [1.807, 2.05) is 0 Å². The monoisotopic (exact) mass is 331 g/mol. The molecule has 3 rings (SSSR count). The first-order valence-electron chi connectivity index (χ1n) is 8.79. The average molecular weight is 331 g/mol. The fourth-order valence-corrected chi connectivity index (χ4v) is 3.79. The maximum Gasteiger partial charge on any atom is 0.271 e. The van der Waals surface area contributed by atoms with E-state index in [1.165, 1.54) is 63.8 Å². The highest BCUT2D eigenvalue weighted by molar-refractivity contribution is 5.94. The van der Waals surface area contributed by atoms with Gasteiger partial charge in [-0.15, -0.1) is 0 Å². The van der Waals surface area contributed by atoms with Crippen LogP contribution in [0, 0.1) is 5.92 Å². The molecule has 7 nitrogen and oxygen atoms in total. The number of hydrogen-bond donors (Lipinski definition) is 2. The molecule has 7 heteroatoms. The van der Waals surface area contributed by atoms with E-state index in [-0.39, 0.29) is 24.1 Å². The fraction of sp³-hybridized carbons (Fsp3) is 0.647. The molecule has 1 aromatic heterocycles. The van der Waals surface area contributed by atoms with Gasteiger partial charge in [-0.25, -0.2) is 4.98 Å². The zero-order chi connectivity index (χ0) is 16.8. The molecule has 2 N–H and O–H groups in total. The number of nitrogens with one attached hydrogen (secondary N) is 2. The molecule has 0 radical (unpaired) electrons. The lowest BCUT2D eigenvalue weighted by molar-refractivity contribution is -0.120. The van der Waals surface area contributed by atoms with Gasteiger partial charge in [0.15, 0.2) is 0 Å². The van der Waals surface area contributed by atoms with E-state index >= 15 is 0 Å². The van der Waals surface area contributed by atoms with Gasteiger partial charge in [0.2, 0.25) is 5.91 Å². The highest BCUT2D eigenvalue weighted by Crippen LogP contribution is 2.30. The summed E-state index contributed by atoms with van der Waals surface area (Å²) in [6.07, 6.45) is 10.5. The van der Waals surface area contributed by atoms with Crippen molar-refractivity contribution in [2.24, 2.45) is 5.92 Å². The lowest BCUT2D eigenvalue weighted by Crippen LogP contribution is -2.51. The Kier molecular flexibility index (Phi) is 5.74. The number of piperidine rings is 2. The van der Waals surface area contributed by atoms with E-state index in [2.05, 4.69) is 25.5 Å². The summed E-state index contributed by atoms with van der Waals surface area (Å²) >= 11 is 0. The van der Waals surface area contributed by atoms with E-state index in [9.17, 15) is 9.59 Å². The van der Waals surface area contributed by atoms with Crippen LogP contribution < -0.4 is 10.6 Å². The Bertz CT molecular complexity index is 563. The van der Waals surface area contributed by atoms with Gasteiger partial charge < -0.3 is 15.5 Å². The number of nitrogens with zero attached hydrogens (tertiary/aromatic N) is 3. The molecule has 2 atom stereocenters. The molecule has 0 aromatic carbocycles. The molecule has 2 aliphatic rings. The first-order chi connectivity index (χ1) is 11.7. The Morgan fingerprint density at radius 3 is 2.83 bits per heavy atom. The zero-order valence-electron chi connectivity index (χ0n) is 13.9. The Hall–Kier alpha value is -2.02. The molecule has 24 heavy (non-hydrogen) atoms. The standard InChI is InChI=1S/C17H25N5O2/c23-16(12-21-17(24)14-11-18-6-7-19-14)20-10-13-4-3-9-22-8-2-1-5-15(13)22/h6-7,11,13,15H,1-5,8-10,12H2,(H,20,23)(H,21,24)/t13-,15+/m0/s1. The molecule has 0 unspecified atom stereocenters. The van der Waals surface area contributed by atoms with Crippen LogP contribution in [0.5, 0.6) is 0 Å². The van der Waals surface area contributed by atoms with Gasteiger partial charge in [0, 0.05) is 25.0 Å². The lowest BCUT2D eigenvalue weighted by atomic mass is 9.83. The largest absolute Gasteiger partial charge is 0.354 e. The van der Waals surface area contributed by atoms with Gasteiger partial charge in [-0.2, -0.15) is 0 Å². The molecular weight excluding hydrogens is 306 g/mol. The van der Waals surface area contributed by atoms with Crippen LogP contribution in [-0.2, 0) is 4.79 Å². The summed E-state index contributed by atoms with van der Waals surface area (Å²) in [5.41, 5.74) is 0.218. The molecule has 0 bridgehead atoms. The minimum Gasteiger partial charge on any atom is -0.354 e. The summed E-state index contributed by atoms with van der Waals surface area (Å²) in [4.78, 5) is 34.2. The predicted molar refractivity (Wildman–Crippen MR) is 89.3 cm³/mol. The third kappa shape index (κ3) is 4.29. The quantitative estimate of drug-likeness (QED) is 0.824. The highest BCUT2D eigenvalue weighted by Gasteiger charge is 2.32. The molecule has 1 aromatic rings. The molecule has 0 saturated carbocycles.